The first-order chi connectivity index (χ1) is 11.5. The Morgan fingerprint density at radius 1 is 1.38 bits per heavy atom. The van der Waals surface area contributed by atoms with E-state index in [0.717, 1.165) is 0 Å². The van der Waals surface area contributed by atoms with E-state index >= 15 is 0 Å². The van der Waals surface area contributed by atoms with E-state index in [9.17, 15) is 13.6 Å². The number of alkyl halides is 2. The van der Waals surface area contributed by atoms with Crippen molar-refractivity contribution in [2.45, 2.75) is 37.9 Å². The molecule has 0 saturated carbocycles. The van der Waals surface area contributed by atoms with Crippen molar-refractivity contribution in [2.75, 3.05) is 5.32 Å². The smallest absolute Gasteiger partial charge is 0.326 e. The molecule has 3 rings (SSSR count). The molecule has 1 aromatic heterocycles. The lowest BCUT2D eigenvalue weighted by Crippen LogP contribution is -2.17. The van der Waals surface area contributed by atoms with Gasteiger partial charge in [0.2, 0.25) is 5.91 Å². The third kappa shape index (κ3) is 3.40. The van der Waals surface area contributed by atoms with Gasteiger partial charge < -0.3 is 5.32 Å². The van der Waals surface area contributed by atoms with Crippen molar-refractivity contribution < 1.29 is 13.6 Å². The van der Waals surface area contributed by atoms with Crippen LogP contribution in [0.1, 0.15) is 32.2 Å². The third-order valence-corrected chi connectivity index (χ3v) is 3.87. The number of hydrogen-bond acceptors (Lipinski definition) is 4. The van der Waals surface area contributed by atoms with Crippen molar-refractivity contribution in [1.29, 1.82) is 0 Å². The maximum absolute atomic E-state index is 12.7. The summed E-state index contributed by atoms with van der Waals surface area (Å²) in [5.74, 6) is 2.35. The van der Waals surface area contributed by atoms with Crippen LogP contribution < -0.4 is 5.32 Å². The fourth-order valence-electron chi connectivity index (χ4n) is 2.49. The van der Waals surface area contributed by atoms with Crippen LogP contribution in [0.5, 0.6) is 0 Å². The topological polar surface area (TPSA) is 71.6 Å². The molecule has 24 heavy (non-hydrogen) atoms. The van der Waals surface area contributed by atoms with Crippen LogP contribution in [-0.4, -0.2) is 21.4 Å². The Hall–Kier alpha value is -2.82. The van der Waals surface area contributed by atoms with E-state index in [1.807, 2.05) is 0 Å². The summed E-state index contributed by atoms with van der Waals surface area (Å²) in [7, 11) is 0. The minimum absolute atomic E-state index is 0.187. The number of aromatic nitrogens is 2. The van der Waals surface area contributed by atoms with Crippen molar-refractivity contribution in [3.63, 3.8) is 0 Å². The lowest BCUT2D eigenvalue weighted by molar-refractivity contribution is -0.116. The largest absolute Gasteiger partial charge is 0.333 e. The predicted octanol–water partition coefficient (Wildman–Crippen LogP) is 3.73. The molecule has 1 N–H and O–H groups in total. The molecule has 1 aromatic carbocycles. The molecular formula is C16H15F2N5O. The zero-order valence-electron chi connectivity index (χ0n) is 12.7. The van der Waals surface area contributed by atoms with Gasteiger partial charge in [-0.1, -0.05) is 0 Å². The van der Waals surface area contributed by atoms with Gasteiger partial charge in [-0.15, -0.1) is 12.3 Å². The van der Waals surface area contributed by atoms with E-state index in [0.29, 0.717) is 40.5 Å². The number of benzene rings is 1. The highest BCUT2D eigenvalue weighted by Gasteiger charge is 2.39. The average Bonchev–Trinajstić information content (AvgIpc) is 3.20. The van der Waals surface area contributed by atoms with Crippen molar-refractivity contribution in [3.05, 3.63) is 24.4 Å². The normalized spacial score (nSPS) is 14.8. The second-order valence-corrected chi connectivity index (χ2v) is 5.58. The van der Waals surface area contributed by atoms with Crippen LogP contribution in [-0.2, 0) is 4.79 Å². The molecule has 0 aliphatic carbocycles. The average molecular weight is 331 g/mol. The van der Waals surface area contributed by atoms with Gasteiger partial charge in [-0.05, 0) is 18.2 Å². The number of nitrogens with one attached hydrogen (secondary N) is 1. The van der Waals surface area contributed by atoms with Crippen molar-refractivity contribution in [2.24, 2.45) is 10.2 Å². The second-order valence-electron chi connectivity index (χ2n) is 5.58. The zero-order valence-corrected chi connectivity index (χ0v) is 12.7. The van der Waals surface area contributed by atoms with Crippen molar-refractivity contribution >= 4 is 22.5 Å². The highest BCUT2D eigenvalue weighted by Crippen LogP contribution is 2.37. The lowest BCUT2D eigenvalue weighted by Gasteiger charge is -2.09. The van der Waals surface area contributed by atoms with E-state index in [4.69, 9.17) is 6.42 Å². The quantitative estimate of drug-likeness (QED) is 0.785. The third-order valence-electron chi connectivity index (χ3n) is 3.87. The molecular weight excluding hydrogens is 316 g/mol. The first kappa shape index (κ1) is 16.1. The fraction of sp³-hybridized carbons (Fsp3) is 0.375. The minimum atomic E-state index is -2.70. The molecule has 0 fully saturated rings. The van der Waals surface area contributed by atoms with Gasteiger partial charge in [0.1, 0.15) is 0 Å². The number of hydrogen-bond donors (Lipinski definition) is 1. The molecule has 0 saturated heterocycles. The van der Waals surface area contributed by atoms with E-state index in [1.54, 1.807) is 12.1 Å². The second kappa shape index (κ2) is 6.35. The fourth-order valence-corrected chi connectivity index (χ4v) is 2.49. The van der Waals surface area contributed by atoms with Crippen LogP contribution in [0.15, 0.2) is 34.6 Å². The minimum Gasteiger partial charge on any atom is -0.326 e. The predicted molar refractivity (Wildman–Crippen MR) is 84.5 cm³/mol. The van der Waals surface area contributed by atoms with Crippen LogP contribution in [0.25, 0.3) is 10.9 Å². The van der Waals surface area contributed by atoms with E-state index in [-0.39, 0.29) is 12.3 Å². The molecule has 2 heterocycles. The number of fused-ring (bicyclic) bond motifs is 1. The summed E-state index contributed by atoms with van der Waals surface area (Å²) in [6, 6.07) is 4.68. The summed E-state index contributed by atoms with van der Waals surface area (Å²) >= 11 is 0. The van der Waals surface area contributed by atoms with Gasteiger partial charge in [-0.2, -0.15) is 24.1 Å². The molecule has 0 atom stereocenters. The number of carbonyl (C=O) groups is 1. The van der Waals surface area contributed by atoms with Gasteiger partial charge in [-0.3, -0.25) is 4.79 Å². The van der Waals surface area contributed by atoms with Gasteiger partial charge in [0.15, 0.2) is 5.66 Å². The molecule has 8 heteroatoms. The number of nitrogens with zero attached hydrogens (tertiary/aromatic N) is 4. The molecule has 124 valence electrons. The highest BCUT2D eigenvalue weighted by molar-refractivity contribution is 5.93. The molecule has 0 unspecified atom stereocenters. The summed E-state index contributed by atoms with van der Waals surface area (Å²) in [6.07, 6.45) is 8.54. The Balaban J connectivity index is 1.59. The monoisotopic (exact) mass is 331 g/mol. The van der Waals surface area contributed by atoms with Crippen molar-refractivity contribution in [1.82, 2.24) is 9.78 Å². The molecule has 2 aromatic rings. The summed E-state index contributed by atoms with van der Waals surface area (Å²) < 4.78 is 26.1. The molecule has 0 bridgehead atoms. The number of halogens is 2. The summed E-state index contributed by atoms with van der Waals surface area (Å²) in [5, 5.41) is 14.9. The Morgan fingerprint density at radius 2 is 2.17 bits per heavy atom. The number of carbonyl (C=O) groups excluding carboxylic acids is 1. The number of amides is 1. The Kier molecular flexibility index (Phi) is 4.25. The maximum Gasteiger partial charge on any atom is 0.333 e. The van der Waals surface area contributed by atoms with Gasteiger partial charge in [-0.25, -0.2) is 4.68 Å². The van der Waals surface area contributed by atoms with Crippen molar-refractivity contribution in [3.8, 4) is 12.3 Å². The van der Waals surface area contributed by atoms with Crippen LogP contribution in [0.4, 0.5) is 14.5 Å². The van der Waals surface area contributed by atoms with Crippen LogP contribution >= 0.6 is 0 Å². The molecule has 1 aliphatic heterocycles. The van der Waals surface area contributed by atoms with E-state index in [2.05, 4.69) is 26.6 Å². The van der Waals surface area contributed by atoms with Crippen LogP contribution in [0.2, 0.25) is 0 Å². The van der Waals surface area contributed by atoms with Crippen LogP contribution in [0.3, 0.4) is 0 Å². The first-order valence-corrected chi connectivity index (χ1v) is 7.46. The highest BCUT2D eigenvalue weighted by atomic mass is 19.3. The summed E-state index contributed by atoms with van der Waals surface area (Å²) in [5.41, 5.74) is 0.349. The summed E-state index contributed by atoms with van der Waals surface area (Å²) in [6.45, 7) is -2.70. The molecule has 0 radical (unpaired) electrons. The SMILES string of the molecule is C#CCCC1(CCC(=O)Nc2ccc3c(cnn3C(F)F)c2)N=N1. The Morgan fingerprint density at radius 3 is 2.83 bits per heavy atom. The molecule has 1 aliphatic rings. The Labute approximate surface area is 136 Å². The van der Waals surface area contributed by atoms with Crippen LogP contribution in [0, 0.1) is 12.3 Å². The first-order valence-electron chi connectivity index (χ1n) is 7.46. The number of terminal acetylenes is 1. The zero-order chi connectivity index (χ0) is 17.2. The number of rotatable bonds is 7. The summed E-state index contributed by atoms with van der Waals surface area (Å²) in [4.78, 5) is 12.0. The Bertz CT molecular complexity index is 831. The molecule has 6 nitrogen and oxygen atoms in total. The maximum atomic E-state index is 12.7. The van der Waals surface area contributed by atoms with Gasteiger partial charge in [0.25, 0.3) is 0 Å². The van der Waals surface area contributed by atoms with E-state index in [1.165, 1.54) is 12.3 Å². The van der Waals surface area contributed by atoms with Gasteiger partial charge in [0, 0.05) is 36.8 Å². The lowest BCUT2D eigenvalue weighted by atomic mass is 10.0. The number of anilines is 1. The molecule has 0 spiro atoms. The van der Waals surface area contributed by atoms with E-state index < -0.39 is 12.2 Å². The standard InChI is InChI=1S/C16H15F2N5O/c1-2-3-7-16(21-22-16)8-6-14(24)20-12-4-5-13-11(9-12)10-19-23(13)15(17)18/h1,4-5,9-10,15H,3,6-8H2,(H,20,24). The van der Waals surface area contributed by atoms with Gasteiger partial charge in [0.05, 0.1) is 11.7 Å². The molecule has 1 amide bonds. The van der Waals surface area contributed by atoms with Gasteiger partial charge >= 0.3 is 6.55 Å².